The molecule has 0 spiro atoms. The predicted octanol–water partition coefficient (Wildman–Crippen LogP) is 6.24. The van der Waals surface area contributed by atoms with Crippen LogP contribution in [-0.2, 0) is 28.8 Å². The second-order valence-corrected chi connectivity index (χ2v) is 21.5. The number of carbonyl (C=O) groups is 1. The van der Waals surface area contributed by atoms with Crippen molar-refractivity contribution in [2.75, 3.05) is 41.4 Å². The predicted molar refractivity (Wildman–Crippen MR) is 210 cm³/mol. The topological polar surface area (TPSA) is 135 Å². The number of phenols is 1. The van der Waals surface area contributed by atoms with Crippen molar-refractivity contribution in [3.8, 4) is 40.6 Å². The largest absolute Gasteiger partial charge is 0.544 e. The molecule has 7 rings (SSSR count). The molecule has 5 atom stereocenters. The van der Waals surface area contributed by atoms with E-state index in [-0.39, 0.29) is 61.4 Å². The SMILES string of the molecule is COCOc1c(OC)c(C)cc2c1[C@@H]1C3Cc4c(O)c(C)c5c(c4C(CNC(=O)Cc4ccc(O[Si](C)(C)C(C)(C)C)cc4)N3C(C#N)[C@H](C2)N1C)OCO5. The number of benzene rings is 3. The molecule has 2 bridgehead atoms. The number of aryl methyl sites for hydroxylation is 1. The van der Waals surface area contributed by atoms with E-state index in [1.165, 1.54) is 0 Å². The number of carbonyl (C=O) groups excluding carboxylic acids is 1. The van der Waals surface area contributed by atoms with Crippen LogP contribution in [0.3, 0.4) is 0 Å². The molecule has 1 fully saturated rings. The summed E-state index contributed by atoms with van der Waals surface area (Å²) >= 11 is 0. The van der Waals surface area contributed by atoms with Crippen LogP contribution >= 0.6 is 0 Å². The van der Waals surface area contributed by atoms with Crippen LogP contribution in [0, 0.1) is 25.2 Å². The minimum atomic E-state index is -2.01. The number of piperazine rings is 1. The van der Waals surface area contributed by atoms with E-state index in [1.807, 2.05) is 38.1 Å². The van der Waals surface area contributed by atoms with Crippen molar-refractivity contribution >= 4 is 14.2 Å². The number of hydrogen-bond donors (Lipinski definition) is 2. The normalized spacial score (nSPS) is 22.9. The van der Waals surface area contributed by atoms with Gasteiger partial charge in [0.2, 0.25) is 21.0 Å². The van der Waals surface area contributed by atoms with Gasteiger partial charge in [0.05, 0.1) is 31.7 Å². The maximum atomic E-state index is 13.8. The van der Waals surface area contributed by atoms with Gasteiger partial charge in [-0.2, -0.15) is 5.26 Å². The lowest BCUT2D eigenvalue weighted by molar-refractivity contribution is -0.121. The van der Waals surface area contributed by atoms with Gasteiger partial charge in [-0.25, -0.2) is 0 Å². The van der Waals surface area contributed by atoms with E-state index >= 15 is 0 Å². The van der Waals surface area contributed by atoms with Crippen LogP contribution in [0.2, 0.25) is 18.1 Å². The summed E-state index contributed by atoms with van der Waals surface area (Å²) in [5.74, 6) is 3.10. The van der Waals surface area contributed by atoms with Crippen LogP contribution in [0.1, 0.15) is 71.8 Å². The number of amides is 1. The molecule has 4 heterocycles. The molecular formula is C42H54N4O8Si. The van der Waals surface area contributed by atoms with E-state index in [0.29, 0.717) is 41.4 Å². The monoisotopic (exact) mass is 770 g/mol. The number of hydrogen-bond acceptors (Lipinski definition) is 11. The molecule has 3 aromatic carbocycles. The molecule has 55 heavy (non-hydrogen) atoms. The summed E-state index contributed by atoms with van der Waals surface area (Å²) in [5, 5.41) is 26.1. The van der Waals surface area contributed by atoms with Crippen molar-refractivity contribution in [2.24, 2.45) is 0 Å². The molecule has 1 saturated heterocycles. The van der Waals surface area contributed by atoms with Gasteiger partial charge in [0.15, 0.2) is 29.8 Å². The Balaban J connectivity index is 1.26. The second-order valence-electron chi connectivity index (χ2n) is 16.8. The highest BCUT2D eigenvalue weighted by molar-refractivity contribution is 6.74. The zero-order valence-corrected chi connectivity index (χ0v) is 34.7. The molecule has 3 unspecified atom stereocenters. The van der Waals surface area contributed by atoms with Crippen molar-refractivity contribution in [3.05, 3.63) is 69.3 Å². The molecule has 0 aromatic heterocycles. The third kappa shape index (κ3) is 6.56. The van der Waals surface area contributed by atoms with Crippen LogP contribution in [0.25, 0.3) is 0 Å². The summed E-state index contributed by atoms with van der Waals surface area (Å²) in [6.07, 6.45) is 1.20. The number of phenolic OH excluding ortho intramolecular Hbond substituents is 1. The number of ether oxygens (including phenoxy) is 5. The Hall–Kier alpha value is -4.48. The Labute approximate surface area is 325 Å². The smallest absolute Gasteiger partial charge is 0.250 e. The Kier molecular flexibility index (Phi) is 10.3. The Morgan fingerprint density at radius 1 is 1.05 bits per heavy atom. The van der Waals surface area contributed by atoms with Gasteiger partial charge in [0, 0.05) is 48.0 Å². The highest BCUT2D eigenvalue weighted by atomic mass is 28.4. The van der Waals surface area contributed by atoms with Crippen LogP contribution in [-0.4, -0.2) is 88.7 Å². The molecule has 12 nitrogen and oxygen atoms in total. The molecule has 4 aliphatic rings. The van der Waals surface area contributed by atoms with Crippen molar-refractivity contribution < 1.29 is 38.0 Å². The van der Waals surface area contributed by atoms with E-state index in [1.54, 1.807) is 14.2 Å². The van der Waals surface area contributed by atoms with Crippen LogP contribution in [0.4, 0.5) is 0 Å². The molecule has 0 aliphatic carbocycles. The molecule has 13 heteroatoms. The van der Waals surface area contributed by atoms with Gasteiger partial charge in [-0.3, -0.25) is 14.6 Å². The molecule has 4 aliphatic heterocycles. The summed E-state index contributed by atoms with van der Waals surface area (Å²) < 4.78 is 36.1. The lowest BCUT2D eigenvalue weighted by Gasteiger charge is -2.60. The van der Waals surface area contributed by atoms with Gasteiger partial charge in [0.1, 0.15) is 17.5 Å². The molecular weight excluding hydrogens is 717 g/mol. The molecule has 0 radical (unpaired) electrons. The van der Waals surface area contributed by atoms with Gasteiger partial charge in [-0.05, 0) is 80.7 Å². The van der Waals surface area contributed by atoms with Gasteiger partial charge in [-0.15, -0.1) is 0 Å². The number of likely N-dealkylation sites (N-methyl/N-ethyl adjacent to an activating group) is 1. The summed E-state index contributed by atoms with van der Waals surface area (Å²) in [7, 11) is 3.28. The lowest BCUT2D eigenvalue weighted by atomic mass is 9.71. The van der Waals surface area contributed by atoms with Gasteiger partial charge >= 0.3 is 0 Å². The highest BCUT2D eigenvalue weighted by Gasteiger charge is 2.57. The molecule has 294 valence electrons. The first-order valence-electron chi connectivity index (χ1n) is 19.0. The van der Waals surface area contributed by atoms with E-state index in [4.69, 9.17) is 28.1 Å². The molecule has 3 aromatic rings. The van der Waals surface area contributed by atoms with E-state index in [2.05, 4.69) is 68.2 Å². The fraction of sp³-hybridized carbons (Fsp3) is 0.524. The zero-order valence-electron chi connectivity index (χ0n) is 33.7. The number of nitrogens with zero attached hydrogens (tertiary/aromatic N) is 3. The number of rotatable bonds is 10. The van der Waals surface area contributed by atoms with Gasteiger partial charge < -0.3 is 38.5 Å². The quantitative estimate of drug-likeness (QED) is 0.179. The second kappa shape index (κ2) is 14.5. The van der Waals surface area contributed by atoms with Crippen LogP contribution < -0.4 is 28.7 Å². The summed E-state index contributed by atoms with van der Waals surface area (Å²) in [6, 6.07) is 10.8. The lowest BCUT2D eigenvalue weighted by Crippen LogP contribution is -2.68. The zero-order chi connectivity index (χ0) is 39.6. The standard InChI is InChI=1S/C42H54N4O8Si/c1-23-15-26-17-29-31(19-43)46-30(36(45(29)6)34(26)40(38(23)50-8)51-21-49-7)18-28-35(41-39(52-22-53-41)24(2)37(28)48)32(46)20-44-33(47)16-25-11-13-27(14-12-25)54-55(9,10)42(3,4)5/h11-15,29-32,36,48H,16-18,20-22H2,1-10H3,(H,44,47)/t29-,30?,31?,32?,36-/m0/s1. The van der Waals surface area contributed by atoms with E-state index in [0.717, 1.165) is 39.1 Å². The number of nitriles is 1. The van der Waals surface area contributed by atoms with Gasteiger partial charge in [0.25, 0.3) is 0 Å². The Bertz CT molecular complexity index is 2020. The first-order chi connectivity index (χ1) is 26.1. The van der Waals surface area contributed by atoms with Crippen molar-refractivity contribution in [2.45, 2.75) is 102 Å². The fourth-order valence-electron chi connectivity index (χ4n) is 8.86. The third-order valence-electron chi connectivity index (χ3n) is 12.6. The number of fused-ring (bicyclic) bond motifs is 9. The third-order valence-corrected chi connectivity index (χ3v) is 16.9. The summed E-state index contributed by atoms with van der Waals surface area (Å²) in [6.45, 7) is 15.1. The van der Waals surface area contributed by atoms with Crippen molar-refractivity contribution in [3.63, 3.8) is 0 Å². The maximum absolute atomic E-state index is 13.8. The maximum Gasteiger partial charge on any atom is 0.250 e. The summed E-state index contributed by atoms with van der Waals surface area (Å²) in [4.78, 5) is 18.3. The molecule has 2 N–H and O–H groups in total. The number of aromatic hydroxyl groups is 1. The number of nitrogens with one attached hydrogen (secondary N) is 1. The highest BCUT2D eigenvalue weighted by Crippen LogP contribution is 2.58. The first-order valence-corrected chi connectivity index (χ1v) is 21.9. The van der Waals surface area contributed by atoms with Crippen molar-refractivity contribution in [1.29, 1.82) is 5.26 Å². The molecule has 1 amide bonds. The molecule has 0 saturated carbocycles. The van der Waals surface area contributed by atoms with Gasteiger partial charge in [-0.1, -0.05) is 39.0 Å². The first kappa shape index (κ1) is 38.8. The van der Waals surface area contributed by atoms with E-state index < -0.39 is 20.4 Å². The minimum Gasteiger partial charge on any atom is -0.544 e. The summed E-state index contributed by atoms with van der Waals surface area (Å²) in [5.41, 5.74) is 5.96. The average molecular weight is 771 g/mol. The minimum absolute atomic E-state index is 0.0199. The Morgan fingerprint density at radius 2 is 1.76 bits per heavy atom. The van der Waals surface area contributed by atoms with Crippen molar-refractivity contribution in [1.82, 2.24) is 15.1 Å². The van der Waals surface area contributed by atoms with E-state index in [9.17, 15) is 15.2 Å². The Morgan fingerprint density at radius 3 is 2.42 bits per heavy atom. The fourth-order valence-corrected chi connectivity index (χ4v) is 9.89. The average Bonchev–Trinajstić information content (AvgIpc) is 3.62. The van der Waals surface area contributed by atoms with Crippen LogP contribution in [0.5, 0.6) is 34.5 Å². The van der Waals surface area contributed by atoms with Crippen LogP contribution in [0.15, 0.2) is 30.3 Å². The number of methoxy groups -OCH3 is 2.